The molecule has 3 heterocycles. The Hall–Kier alpha value is -3.42. The van der Waals surface area contributed by atoms with Gasteiger partial charge in [0.2, 0.25) is 0 Å². The van der Waals surface area contributed by atoms with Crippen molar-refractivity contribution in [2.24, 2.45) is 5.92 Å². The predicted octanol–water partition coefficient (Wildman–Crippen LogP) is 2.57. The highest BCUT2D eigenvalue weighted by molar-refractivity contribution is 6.00. The van der Waals surface area contributed by atoms with E-state index in [1.165, 1.54) is 4.68 Å². The second kappa shape index (κ2) is 8.75. The van der Waals surface area contributed by atoms with Crippen LogP contribution in [0.4, 0.5) is 0 Å². The fraction of sp³-hybridized carbons (Fsp3) is 0.391. The largest absolute Gasteiger partial charge is 0.466 e. The van der Waals surface area contributed by atoms with Crippen LogP contribution in [0.5, 0.6) is 0 Å². The Morgan fingerprint density at radius 2 is 1.81 bits per heavy atom. The number of amides is 1. The van der Waals surface area contributed by atoms with Gasteiger partial charge in [-0.25, -0.2) is 0 Å². The summed E-state index contributed by atoms with van der Waals surface area (Å²) in [4.78, 5) is 40.2. The number of nitrogens with zero attached hydrogens (tertiary/aromatic N) is 4. The topological polar surface area (TPSA) is 86.4 Å². The smallest absolute Gasteiger partial charge is 0.309 e. The quantitative estimate of drug-likeness (QED) is 0.590. The third-order valence-corrected chi connectivity index (χ3v) is 5.72. The summed E-state index contributed by atoms with van der Waals surface area (Å²) in [5.41, 5.74) is 1.62. The first kappa shape index (κ1) is 20.8. The number of aryl methyl sites for hydroxylation is 1. The third-order valence-electron chi connectivity index (χ3n) is 5.72. The number of hydrogen-bond acceptors (Lipinski definition) is 5. The maximum absolute atomic E-state index is 13.4. The molecule has 1 aromatic rings. The lowest BCUT2D eigenvalue weighted by atomic mass is 9.96. The zero-order valence-corrected chi connectivity index (χ0v) is 17.8. The molecular formula is C23H26N4O4. The minimum atomic E-state index is -0.251. The van der Waals surface area contributed by atoms with Crippen molar-refractivity contribution < 1.29 is 14.3 Å². The molecule has 0 radical (unpaired) electrons. The number of hydrogen-bond donors (Lipinski definition) is 0. The molecule has 0 aliphatic carbocycles. The van der Waals surface area contributed by atoms with E-state index in [1.807, 2.05) is 41.8 Å². The fourth-order valence-electron chi connectivity index (χ4n) is 3.99. The van der Waals surface area contributed by atoms with Gasteiger partial charge in [0.1, 0.15) is 5.69 Å². The number of likely N-dealkylation sites (tertiary alicyclic amines) is 1. The van der Waals surface area contributed by atoms with E-state index in [0.717, 1.165) is 0 Å². The van der Waals surface area contributed by atoms with Crippen molar-refractivity contribution in [3.05, 3.63) is 58.6 Å². The van der Waals surface area contributed by atoms with E-state index in [1.54, 1.807) is 24.2 Å². The van der Waals surface area contributed by atoms with Gasteiger partial charge >= 0.3 is 5.97 Å². The van der Waals surface area contributed by atoms with Gasteiger partial charge < -0.3 is 14.2 Å². The Bertz CT molecular complexity index is 1110. The summed E-state index contributed by atoms with van der Waals surface area (Å²) in [6.07, 6.45) is 4.64. The van der Waals surface area contributed by atoms with Gasteiger partial charge in [0, 0.05) is 32.0 Å². The van der Waals surface area contributed by atoms with E-state index >= 15 is 0 Å². The molecule has 0 bridgehead atoms. The van der Waals surface area contributed by atoms with Crippen LogP contribution in [0.25, 0.3) is 16.9 Å². The van der Waals surface area contributed by atoms with E-state index in [2.05, 4.69) is 5.10 Å². The van der Waals surface area contributed by atoms with E-state index in [9.17, 15) is 14.4 Å². The highest BCUT2D eigenvalue weighted by atomic mass is 16.5. The Morgan fingerprint density at radius 3 is 2.45 bits per heavy atom. The van der Waals surface area contributed by atoms with Crippen LogP contribution in [0.15, 0.2) is 47.5 Å². The maximum atomic E-state index is 13.4. The summed E-state index contributed by atoms with van der Waals surface area (Å²) in [5.74, 6) is -0.545. The Kier molecular flexibility index (Phi) is 5.88. The lowest BCUT2D eigenvalue weighted by Crippen LogP contribution is -2.41. The lowest BCUT2D eigenvalue weighted by Gasteiger charge is -2.31. The maximum Gasteiger partial charge on any atom is 0.309 e. The first-order chi connectivity index (χ1) is 15.0. The molecule has 8 heteroatoms. The number of piperidine rings is 1. The Labute approximate surface area is 180 Å². The number of para-hydroxylation sites is 1. The van der Waals surface area contributed by atoms with Crippen molar-refractivity contribution in [2.75, 3.05) is 19.7 Å². The monoisotopic (exact) mass is 422 g/mol. The number of pyridine rings is 1. The van der Waals surface area contributed by atoms with Crippen molar-refractivity contribution in [3.63, 3.8) is 0 Å². The minimum Gasteiger partial charge on any atom is -0.466 e. The van der Waals surface area contributed by atoms with Gasteiger partial charge in [-0.2, -0.15) is 9.78 Å². The number of aromatic nitrogens is 3. The van der Waals surface area contributed by atoms with E-state index < -0.39 is 0 Å². The molecule has 162 valence electrons. The average Bonchev–Trinajstić information content (AvgIpc) is 3.15. The minimum absolute atomic E-state index is 0.173. The highest BCUT2D eigenvalue weighted by Gasteiger charge is 2.31. The van der Waals surface area contributed by atoms with Gasteiger partial charge in [0.05, 0.1) is 29.3 Å². The van der Waals surface area contributed by atoms with Crippen LogP contribution >= 0.6 is 0 Å². The van der Waals surface area contributed by atoms with Crippen LogP contribution in [0, 0.1) is 5.92 Å². The normalized spacial score (nSPS) is 14.7. The summed E-state index contributed by atoms with van der Waals surface area (Å²) in [6, 6.07) is 9.17. The number of carbonyl (C=O) groups is 2. The Balaban J connectivity index is 1.66. The number of esters is 1. The standard InChI is InChI=1S/C23H26N4O4/c1-3-25-14-18(21(28)26-12-10-16(11-13-26)23(30)31-4-2)20-19(15-25)22(29)27(24-20)17-8-6-5-7-9-17/h5-9,14-16H,3-4,10-13H2,1-2H3. The second-order valence-electron chi connectivity index (χ2n) is 7.64. The van der Waals surface area contributed by atoms with Crippen LogP contribution in [-0.4, -0.2) is 50.8 Å². The molecule has 1 saturated heterocycles. The van der Waals surface area contributed by atoms with Crippen molar-refractivity contribution in [1.29, 1.82) is 0 Å². The molecule has 0 aromatic heterocycles. The molecule has 1 fully saturated rings. The SMILES string of the molecule is CCOC(=O)C1CCN(C(=O)c2cn(CC)cc3c(=O)n(-c4ccccc4)nc2-3)CC1. The summed E-state index contributed by atoms with van der Waals surface area (Å²) >= 11 is 0. The third kappa shape index (κ3) is 3.97. The molecule has 3 aliphatic heterocycles. The molecule has 0 saturated carbocycles. The number of benzene rings is 1. The fourth-order valence-corrected chi connectivity index (χ4v) is 3.99. The molecule has 1 aromatic carbocycles. The predicted molar refractivity (Wildman–Crippen MR) is 115 cm³/mol. The van der Waals surface area contributed by atoms with E-state index in [-0.39, 0.29) is 23.4 Å². The van der Waals surface area contributed by atoms with Crippen molar-refractivity contribution >= 4 is 11.9 Å². The lowest BCUT2D eigenvalue weighted by molar-refractivity contribution is -0.149. The number of ether oxygens (including phenoxy) is 1. The van der Waals surface area contributed by atoms with E-state index in [4.69, 9.17) is 4.74 Å². The van der Waals surface area contributed by atoms with Gasteiger partial charge in [-0.05, 0) is 38.8 Å². The molecule has 0 unspecified atom stereocenters. The van der Waals surface area contributed by atoms with Crippen LogP contribution in [0.2, 0.25) is 0 Å². The molecule has 8 nitrogen and oxygen atoms in total. The van der Waals surface area contributed by atoms with Gasteiger partial charge in [0.25, 0.3) is 11.5 Å². The molecule has 0 spiro atoms. The summed E-state index contributed by atoms with van der Waals surface area (Å²) in [6.45, 7) is 5.66. The van der Waals surface area contributed by atoms with Crippen LogP contribution in [0.1, 0.15) is 37.0 Å². The zero-order chi connectivity index (χ0) is 22.0. The number of fused-ring (bicyclic) bond motifs is 1. The van der Waals surface area contributed by atoms with Gasteiger partial charge in [0.15, 0.2) is 0 Å². The molecule has 1 amide bonds. The van der Waals surface area contributed by atoms with Crippen molar-refractivity contribution in [2.45, 2.75) is 33.2 Å². The first-order valence-electron chi connectivity index (χ1n) is 10.7. The second-order valence-corrected chi connectivity index (χ2v) is 7.64. The molecular weight excluding hydrogens is 396 g/mol. The Morgan fingerprint density at radius 1 is 1.10 bits per heavy atom. The molecule has 31 heavy (non-hydrogen) atoms. The molecule has 0 N–H and O–H groups in total. The number of carbonyl (C=O) groups excluding carboxylic acids is 2. The summed E-state index contributed by atoms with van der Waals surface area (Å²) < 4.78 is 8.29. The van der Waals surface area contributed by atoms with Crippen LogP contribution in [0.3, 0.4) is 0 Å². The average molecular weight is 422 g/mol. The first-order valence-corrected chi connectivity index (χ1v) is 10.7. The van der Waals surface area contributed by atoms with Crippen molar-refractivity contribution in [1.82, 2.24) is 19.2 Å². The number of rotatable bonds is 5. The van der Waals surface area contributed by atoms with Gasteiger partial charge in [-0.15, -0.1) is 0 Å². The molecule has 3 aliphatic rings. The summed E-state index contributed by atoms with van der Waals surface area (Å²) in [5, 5.41) is 4.51. The van der Waals surface area contributed by atoms with Crippen molar-refractivity contribution in [3.8, 4) is 16.9 Å². The zero-order valence-electron chi connectivity index (χ0n) is 17.8. The van der Waals surface area contributed by atoms with Crippen LogP contribution < -0.4 is 5.56 Å². The van der Waals surface area contributed by atoms with Crippen LogP contribution in [-0.2, 0) is 16.1 Å². The highest BCUT2D eigenvalue weighted by Crippen LogP contribution is 2.26. The summed E-state index contributed by atoms with van der Waals surface area (Å²) in [7, 11) is 0. The van der Waals surface area contributed by atoms with Gasteiger partial charge in [-0.3, -0.25) is 14.4 Å². The molecule has 0 atom stereocenters. The van der Waals surface area contributed by atoms with E-state index in [0.29, 0.717) is 61.6 Å². The van der Waals surface area contributed by atoms with Gasteiger partial charge in [-0.1, -0.05) is 18.2 Å². The molecule has 4 rings (SSSR count).